The lowest BCUT2D eigenvalue weighted by Crippen LogP contribution is -2.60. The first-order valence-electron chi connectivity index (χ1n) is 44.1. The van der Waals surface area contributed by atoms with Crippen molar-refractivity contribution in [3.63, 3.8) is 0 Å². The van der Waals surface area contributed by atoms with E-state index in [4.69, 9.17) is 43.6 Å². The number of carbonyl (C=O) groups excluding carboxylic acids is 12. The van der Waals surface area contributed by atoms with Gasteiger partial charge in [0.15, 0.2) is 0 Å². The minimum Gasteiger partial charge on any atom is -0.480 e. The molecule has 4 aliphatic carbocycles. The number of carboxylic acids is 1. The molecule has 692 valence electrons. The second-order valence-corrected chi connectivity index (χ2v) is 34.1. The summed E-state index contributed by atoms with van der Waals surface area (Å²) in [5, 5.41) is 31.6. The number of hydrogen-bond donors (Lipinski definition) is 10. The maximum Gasteiger partial charge on any atom is 0.410 e. The smallest absolute Gasteiger partial charge is 0.410 e. The molecule has 125 heavy (non-hydrogen) atoms. The summed E-state index contributed by atoms with van der Waals surface area (Å²) in [5.41, 5.74) is 6.80. The van der Waals surface area contributed by atoms with Crippen LogP contribution in [0.5, 0.6) is 0 Å². The van der Waals surface area contributed by atoms with Crippen molar-refractivity contribution in [2.45, 2.75) is 220 Å². The molecule has 2 aromatic rings. The quantitative estimate of drug-likeness (QED) is 0.0173. The second kappa shape index (κ2) is 51.7. The van der Waals surface area contributed by atoms with E-state index in [9.17, 15) is 67.4 Å². The highest BCUT2D eigenvalue weighted by Crippen LogP contribution is 2.53. The average Bonchev–Trinajstić information content (AvgIpc) is 1.66. The Morgan fingerprint density at radius 2 is 1.12 bits per heavy atom. The summed E-state index contributed by atoms with van der Waals surface area (Å²) in [6.07, 6.45) is 3.71. The normalized spacial score (nSPS) is 20.3. The molecule has 17 atom stereocenters. The first-order chi connectivity index (χ1) is 59.8. The Hall–Kier alpha value is -10.7. The Morgan fingerprint density at radius 3 is 1.64 bits per heavy atom. The van der Waals surface area contributed by atoms with Gasteiger partial charge < -0.3 is 106 Å². The van der Waals surface area contributed by atoms with Crippen LogP contribution in [-0.4, -0.2) is 264 Å². The van der Waals surface area contributed by atoms with Crippen molar-refractivity contribution < 1.29 is 105 Å². The SMILES string of the molecule is CC[C@H](C)[C@@H]([C@@H](CC(=O)N1CCC[C@H]1[C@H](OC)[C@@H](C)C(=O)N[C@@H](Cc1ccccc1)C(=O)O)OC)N(C)C(=O)[C@@H](NC(=O)[C@H](C(C)C)N(C)C(=O)OCc1ccc(NC(=O)[C@H](CCCNC(N)=O)NC(=O)[C@@H](NC(=O)OCCOCCOC(=O)N(CCNC(=O)OCC2[C@H]3CCC#CCC[C@@H]23)CCNC(=O)OCC2[C@H]3CCC#CCC[C@@H]23)C(C)C)cc1)C(C)C. The van der Waals surface area contributed by atoms with E-state index in [0.717, 1.165) is 61.8 Å². The van der Waals surface area contributed by atoms with Crippen LogP contribution in [0.4, 0.5) is 34.5 Å². The van der Waals surface area contributed by atoms with Crippen LogP contribution >= 0.6 is 0 Å². The van der Waals surface area contributed by atoms with Crippen LogP contribution in [0, 0.1) is 88.8 Å². The van der Waals surface area contributed by atoms with Gasteiger partial charge >= 0.3 is 42.5 Å². The van der Waals surface area contributed by atoms with Crippen molar-refractivity contribution in [2.24, 2.45) is 70.8 Å². The summed E-state index contributed by atoms with van der Waals surface area (Å²) in [4.78, 5) is 181. The first kappa shape index (κ1) is 101. The Bertz CT molecular complexity index is 3920. The Kier molecular flexibility index (Phi) is 42.0. The van der Waals surface area contributed by atoms with Gasteiger partial charge in [0.25, 0.3) is 0 Å². The van der Waals surface area contributed by atoms with Crippen LogP contribution in [0.1, 0.15) is 163 Å². The second-order valence-electron chi connectivity index (χ2n) is 34.1. The molecule has 0 aromatic heterocycles. The first-order valence-corrected chi connectivity index (χ1v) is 44.1. The van der Waals surface area contributed by atoms with Gasteiger partial charge in [0.1, 0.15) is 50.0 Å². The number of benzene rings is 2. The molecule has 35 nitrogen and oxygen atoms in total. The number of carbonyl (C=O) groups is 13. The number of urea groups is 1. The molecule has 7 rings (SSSR count). The van der Waals surface area contributed by atoms with Crippen molar-refractivity contribution in [2.75, 3.05) is 113 Å². The predicted molar refractivity (Wildman–Crippen MR) is 462 cm³/mol. The summed E-state index contributed by atoms with van der Waals surface area (Å²) < 4.78 is 45.3. The molecule has 1 saturated heterocycles. The lowest BCUT2D eigenvalue weighted by Gasteiger charge is -2.41. The number of nitrogens with zero attached hydrogens (tertiary/aromatic N) is 4. The fourth-order valence-electron chi connectivity index (χ4n) is 17.0. The number of rotatable bonds is 49. The van der Waals surface area contributed by atoms with E-state index in [1.165, 1.54) is 31.1 Å². The number of ether oxygens (including phenoxy) is 8. The molecule has 11 N–H and O–H groups in total. The summed E-state index contributed by atoms with van der Waals surface area (Å²) in [7, 11) is 5.94. The van der Waals surface area contributed by atoms with Crippen LogP contribution in [0.2, 0.25) is 0 Å². The number of anilines is 1. The van der Waals surface area contributed by atoms with Gasteiger partial charge in [0, 0.05) is 105 Å². The standard InChI is InChI=1S/C90H135N13O22/c1-14-58(8)77(72(118-12)51-73(104)103-43-27-35-71(103)78(119-13)59(9)79(105)97-70(84(110)111)50-60-28-20-19-21-29-60)100(10)83(109)75(56(4)5)98-82(108)76(57(6)7)101(11)89(116)125-52-61-36-38-62(39-37-61)95-80(106)69(34-26-40-92-85(91)112)96-81(107)74(55(2)3)99-88(115)121-48-46-120-47-49-122-90(117)102(44-41-93-86(113)123-53-67-63-30-22-15-16-23-31-64(63)67)45-42-94-87(114)124-54-68-65-32-24-17-18-25-33-66(65)68/h19-21,28-29,36-39,55-59,63-72,74-78H,14,22-27,30-35,40-54H2,1-13H3,(H,93,113)(H,94,114)(H,95,106)(H,96,107)(H,97,105)(H,98,108)(H,99,115)(H,110,111)(H3,91,92,112)/t58-,59+,63-,64+,65-,66+,67?,68?,69-,70-,71-,72+,74-,75-,76-,77-,78+/m0/s1. The highest BCUT2D eigenvalue weighted by atomic mass is 16.6. The van der Waals surface area contributed by atoms with E-state index in [2.05, 4.69) is 66.2 Å². The third-order valence-electron chi connectivity index (χ3n) is 24.4. The number of likely N-dealkylation sites (tertiary alicyclic amines) is 1. The van der Waals surface area contributed by atoms with Gasteiger partial charge in [0.2, 0.25) is 35.4 Å². The van der Waals surface area contributed by atoms with Gasteiger partial charge in [-0.2, -0.15) is 0 Å². The summed E-state index contributed by atoms with van der Waals surface area (Å²) in [6.45, 7) is 16.1. The number of nitrogens with two attached hydrogens (primary N) is 1. The van der Waals surface area contributed by atoms with E-state index in [1.807, 2.05) is 19.9 Å². The van der Waals surface area contributed by atoms with Crippen LogP contribution in [-0.2, 0) is 84.5 Å². The minimum atomic E-state index is -1.21. The minimum absolute atomic E-state index is 0.0103. The number of methoxy groups -OCH3 is 2. The molecular weight excluding hydrogens is 1620 g/mol. The van der Waals surface area contributed by atoms with Crippen LogP contribution in [0.25, 0.3) is 0 Å². The van der Waals surface area contributed by atoms with Gasteiger partial charge in [0.05, 0.1) is 63.1 Å². The highest BCUT2D eigenvalue weighted by Gasteiger charge is 2.51. The van der Waals surface area contributed by atoms with Gasteiger partial charge in [-0.3, -0.25) is 33.7 Å². The molecule has 5 aliphatic rings. The lowest BCUT2D eigenvalue weighted by atomic mass is 9.89. The topological polar surface area (TPSA) is 451 Å². The van der Waals surface area contributed by atoms with Crippen LogP contribution in [0.3, 0.4) is 0 Å². The third kappa shape index (κ3) is 32.1. The molecule has 1 aliphatic heterocycles. The molecular formula is C90H135N13O22. The van der Waals surface area contributed by atoms with E-state index in [-0.39, 0.29) is 109 Å². The monoisotopic (exact) mass is 1750 g/mol. The maximum atomic E-state index is 14.9. The Balaban J connectivity index is 0.858. The fraction of sp³-hybridized carbons (Fsp3) is 0.678. The fourth-order valence-corrected chi connectivity index (χ4v) is 17.0. The molecule has 2 aromatic carbocycles. The van der Waals surface area contributed by atoms with Gasteiger partial charge in [-0.05, 0) is 134 Å². The maximum absolute atomic E-state index is 14.9. The van der Waals surface area contributed by atoms with Gasteiger partial charge in [-0.1, -0.05) is 111 Å². The summed E-state index contributed by atoms with van der Waals surface area (Å²) in [5.74, 6) is 8.27. The number of fused-ring (bicyclic) bond motifs is 2. The molecule has 3 fully saturated rings. The Morgan fingerprint density at radius 1 is 0.560 bits per heavy atom. The molecule has 35 heteroatoms. The molecule has 13 amide bonds. The predicted octanol–water partition coefficient (Wildman–Crippen LogP) is 7.56. The summed E-state index contributed by atoms with van der Waals surface area (Å²) >= 11 is 0. The number of carboxylic acid groups (broad SMARTS) is 1. The van der Waals surface area contributed by atoms with Crippen molar-refractivity contribution in [1.82, 2.24) is 56.8 Å². The molecule has 2 saturated carbocycles. The zero-order valence-electron chi connectivity index (χ0n) is 74.9. The zero-order chi connectivity index (χ0) is 91.4. The average molecular weight is 1750 g/mol. The number of amides is 13. The Labute approximate surface area is 735 Å². The molecule has 2 unspecified atom stereocenters. The van der Waals surface area contributed by atoms with E-state index in [1.54, 1.807) is 109 Å². The number of primary amides is 1. The number of aliphatic carboxylic acids is 1. The van der Waals surface area contributed by atoms with Gasteiger partial charge in [-0.25, -0.2) is 33.6 Å². The molecule has 1 heterocycles. The number of likely N-dealkylation sites (N-methyl/N-ethyl adjacent to an activating group) is 2. The molecule has 0 spiro atoms. The van der Waals surface area contributed by atoms with Crippen molar-refractivity contribution >= 4 is 83.6 Å². The van der Waals surface area contributed by atoms with E-state index >= 15 is 0 Å². The number of alkyl carbamates (subject to hydrolysis) is 3. The van der Waals surface area contributed by atoms with Crippen molar-refractivity contribution in [1.29, 1.82) is 0 Å². The third-order valence-corrected chi connectivity index (χ3v) is 24.4. The molecule has 0 radical (unpaired) electrons. The highest BCUT2D eigenvalue weighted by molar-refractivity contribution is 5.98. The largest absolute Gasteiger partial charge is 0.480 e. The van der Waals surface area contributed by atoms with E-state index in [0.29, 0.717) is 80.1 Å². The summed E-state index contributed by atoms with van der Waals surface area (Å²) in [6, 6.07) is 7.34. The number of nitrogens with one attached hydrogen (secondary N) is 8. The van der Waals surface area contributed by atoms with Gasteiger partial charge in [-0.15, -0.1) is 23.7 Å². The van der Waals surface area contributed by atoms with Crippen molar-refractivity contribution in [3.05, 3.63) is 65.7 Å². The lowest BCUT2D eigenvalue weighted by molar-refractivity contribution is -0.148. The van der Waals surface area contributed by atoms with E-state index < -0.39 is 150 Å². The molecule has 0 bridgehead atoms. The number of hydrogen-bond acceptors (Lipinski definition) is 21. The van der Waals surface area contributed by atoms with Crippen molar-refractivity contribution in [3.8, 4) is 23.7 Å². The zero-order valence-corrected chi connectivity index (χ0v) is 74.9. The van der Waals surface area contributed by atoms with Crippen LogP contribution in [0.15, 0.2) is 54.6 Å². The van der Waals surface area contributed by atoms with Crippen LogP contribution < -0.4 is 48.3 Å².